The standard InChI is InChI=1S/C13H15BrF3NO/c14-11-6-9-2-5-19-12(9)10(7-11)8-18-4-1-3-13(15,16)17/h6-7,18H,1-5,8H2. The number of fused-ring (bicyclic) bond motifs is 1. The molecule has 6 heteroatoms. The number of halogens is 4. The van der Waals surface area contributed by atoms with Crippen molar-refractivity contribution in [2.75, 3.05) is 13.2 Å². The molecule has 1 aromatic carbocycles. The van der Waals surface area contributed by atoms with Crippen LogP contribution in [0.25, 0.3) is 0 Å². The molecule has 0 fully saturated rings. The number of rotatable bonds is 5. The van der Waals surface area contributed by atoms with E-state index in [0.717, 1.165) is 27.8 Å². The van der Waals surface area contributed by atoms with E-state index in [1.807, 2.05) is 12.1 Å². The van der Waals surface area contributed by atoms with E-state index in [1.54, 1.807) is 0 Å². The molecule has 106 valence electrons. The van der Waals surface area contributed by atoms with Gasteiger partial charge in [-0.25, -0.2) is 0 Å². The Bertz CT molecular complexity index is 448. The van der Waals surface area contributed by atoms with Crippen molar-refractivity contribution in [1.82, 2.24) is 5.32 Å². The van der Waals surface area contributed by atoms with Gasteiger partial charge in [-0.1, -0.05) is 15.9 Å². The summed E-state index contributed by atoms with van der Waals surface area (Å²) in [5.74, 6) is 0.881. The maximum absolute atomic E-state index is 12.0. The quantitative estimate of drug-likeness (QED) is 0.825. The van der Waals surface area contributed by atoms with Crippen molar-refractivity contribution in [3.05, 3.63) is 27.7 Å². The Kier molecular flexibility index (Phi) is 4.73. The zero-order valence-electron chi connectivity index (χ0n) is 10.3. The van der Waals surface area contributed by atoms with Gasteiger partial charge in [0.1, 0.15) is 5.75 Å². The van der Waals surface area contributed by atoms with Crippen LogP contribution in [0.4, 0.5) is 13.2 Å². The lowest BCUT2D eigenvalue weighted by Crippen LogP contribution is -2.18. The van der Waals surface area contributed by atoms with Crippen LogP contribution >= 0.6 is 15.9 Å². The van der Waals surface area contributed by atoms with Gasteiger partial charge in [0.2, 0.25) is 0 Å². The van der Waals surface area contributed by atoms with Crippen molar-refractivity contribution in [3.8, 4) is 5.75 Å². The number of benzene rings is 1. The molecule has 1 aliphatic rings. The second-order valence-corrected chi connectivity index (χ2v) is 5.46. The molecule has 0 saturated heterocycles. The molecule has 0 amide bonds. The first-order chi connectivity index (χ1) is 8.96. The second-order valence-electron chi connectivity index (χ2n) is 4.55. The van der Waals surface area contributed by atoms with Crippen molar-refractivity contribution in [2.24, 2.45) is 0 Å². The Balaban J connectivity index is 1.84. The maximum Gasteiger partial charge on any atom is 0.389 e. The monoisotopic (exact) mass is 337 g/mol. The molecule has 1 heterocycles. The molecule has 1 N–H and O–H groups in total. The van der Waals surface area contributed by atoms with Gasteiger partial charge in [-0.3, -0.25) is 0 Å². The summed E-state index contributed by atoms with van der Waals surface area (Å²) in [5.41, 5.74) is 2.15. The molecular weight excluding hydrogens is 323 g/mol. The number of nitrogens with one attached hydrogen (secondary N) is 1. The zero-order valence-corrected chi connectivity index (χ0v) is 11.9. The summed E-state index contributed by atoms with van der Waals surface area (Å²) >= 11 is 3.43. The van der Waals surface area contributed by atoms with Crippen LogP contribution in [0, 0.1) is 0 Å². The molecule has 2 nitrogen and oxygen atoms in total. The van der Waals surface area contributed by atoms with E-state index in [2.05, 4.69) is 21.2 Å². The summed E-state index contributed by atoms with van der Waals surface area (Å²) in [7, 11) is 0. The topological polar surface area (TPSA) is 21.3 Å². The van der Waals surface area contributed by atoms with Crippen molar-refractivity contribution >= 4 is 15.9 Å². The molecule has 0 unspecified atom stereocenters. The van der Waals surface area contributed by atoms with Gasteiger partial charge in [-0.2, -0.15) is 13.2 Å². The largest absolute Gasteiger partial charge is 0.493 e. The highest BCUT2D eigenvalue weighted by Crippen LogP contribution is 2.32. The van der Waals surface area contributed by atoms with E-state index in [9.17, 15) is 13.2 Å². The molecule has 0 radical (unpaired) electrons. The van der Waals surface area contributed by atoms with Crippen molar-refractivity contribution in [2.45, 2.75) is 32.0 Å². The fraction of sp³-hybridized carbons (Fsp3) is 0.538. The van der Waals surface area contributed by atoms with Gasteiger partial charge in [0.15, 0.2) is 0 Å². The Morgan fingerprint density at radius 3 is 2.84 bits per heavy atom. The maximum atomic E-state index is 12.0. The van der Waals surface area contributed by atoms with E-state index in [1.165, 1.54) is 0 Å². The average Bonchev–Trinajstić information content (AvgIpc) is 2.74. The Labute approximate surface area is 118 Å². The molecule has 0 aromatic heterocycles. The molecule has 1 aliphatic heterocycles. The molecule has 2 rings (SSSR count). The van der Waals surface area contributed by atoms with Crippen molar-refractivity contribution in [3.63, 3.8) is 0 Å². The summed E-state index contributed by atoms with van der Waals surface area (Å²) in [4.78, 5) is 0. The number of ether oxygens (including phenoxy) is 1. The molecule has 0 spiro atoms. The first-order valence-corrected chi connectivity index (χ1v) is 6.96. The normalized spacial score (nSPS) is 14.3. The van der Waals surface area contributed by atoms with Crippen LogP contribution in [0.2, 0.25) is 0 Å². The minimum absolute atomic E-state index is 0.0978. The molecule has 0 atom stereocenters. The Morgan fingerprint density at radius 2 is 2.11 bits per heavy atom. The van der Waals surface area contributed by atoms with Crippen LogP contribution in [0.15, 0.2) is 16.6 Å². The van der Waals surface area contributed by atoms with E-state index < -0.39 is 12.6 Å². The average molecular weight is 338 g/mol. The van der Waals surface area contributed by atoms with Crippen molar-refractivity contribution < 1.29 is 17.9 Å². The minimum Gasteiger partial charge on any atom is -0.493 e. The highest BCUT2D eigenvalue weighted by Gasteiger charge is 2.25. The molecule has 19 heavy (non-hydrogen) atoms. The fourth-order valence-corrected chi connectivity index (χ4v) is 2.67. The van der Waals surface area contributed by atoms with Crippen LogP contribution in [0.3, 0.4) is 0 Å². The van der Waals surface area contributed by atoms with Crippen LogP contribution < -0.4 is 10.1 Å². The zero-order chi connectivity index (χ0) is 13.9. The third-order valence-corrected chi connectivity index (χ3v) is 3.41. The minimum atomic E-state index is -4.07. The van der Waals surface area contributed by atoms with E-state index in [-0.39, 0.29) is 6.42 Å². The molecule has 1 aromatic rings. The van der Waals surface area contributed by atoms with E-state index >= 15 is 0 Å². The van der Waals surface area contributed by atoms with Crippen LogP contribution in [0.5, 0.6) is 5.75 Å². The SMILES string of the molecule is FC(F)(F)CCCNCc1cc(Br)cc2c1OCC2. The first kappa shape index (κ1) is 14.7. The van der Waals surface area contributed by atoms with Gasteiger partial charge >= 0.3 is 6.18 Å². The van der Waals surface area contributed by atoms with Gasteiger partial charge in [0.05, 0.1) is 6.61 Å². The Hall–Kier alpha value is -0.750. The fourth-order valence-electron chi connectivity index (χ4n) is 2.11. The molecule has 0 bridgehead atoms. The first-order valence-electron chi connectivity index (χ1n) is 6.17. The lowest BCUT2D eigenvalue weighted by Gasteiger charge is -2.11. The van der Waals surface area contributed by atoms with Gasteiger partial charge in [-0.15, -0.1) is 0 Å². The summed E-state index contributed by atoms with van der Waals surface area (Å²) in [6.07, 6.45) is -3.83. The second kappa shape index (κ2) is 6.13. The third-order valence-electron chi connectivity index (χ3n) is 2.95. The summed E-state index contributed by atoms with van der Waals surface area (Å²) in [6.45, 7) is 1.55. The highest BCUT2D eigenvalue weighted by atomic mass is 79.9. The third kappa shape index (κ3) is 4.38. The van der Waals surface area contributed by atoms with Gasteiger partial charge < -0.3 is 10.1 Å². The molecule has 0 aliphatic carbocycles. The smallest absolute Gasteiger partial charge is 0.389 e. The summed E-state index contributed by atoms with van der Waals surface area (Å²) in [5, 5.41) is 3.03. The van der Waals surface area contributed by atoms with Crippen molar-refractivity contribution in [1.29, 1.82) is 0 Å². The lowest BCUT2D eigenvalue weighted by molar-refractivity contribution is -0.135. The van der Waals surface area contributed by atoms with Crippen LogP contribution in [-0.2, 0) is 13.0 Å². The predicted molar refractivity (Wildman–Crippen MR) is 70.3 cm³/mol. The summed E-state index contributed by atoms with van der Waals surface area (Å²) < 4.78 is 42.5. The van der Waals surface area contributed by atoms with Gasteiger partial charge in [-0.05, 0) is 30.7 Å². The number of alkyl halides is 3. The molecular formula is C13H15BrF3NO. The van der Waals surface area contributed by atoms with Gasteiger partial charge in [0.25, 0.3) is 0 Å². The number of hydrogen-bond acceptors (Lipinski definition) is 2. The van der Waals surface area contributed by atoms with E-state index in [4.69, 9.17) is 4.74 Å². The van der Waals surface area contributed by atoms with Crippen LogP contribution in [-0.4, -0.2) is 19.3 Å². The Morgan fingerprint density at radius 1 is 1.32 bits per heavy atom. The highest BCUT2D eigenvalue weighted by molar-refractivity contribution is 9.10. The van der Waals surface area contributed by atoms with Gasteiger partial charge in [0, 0.05) is 29.4 Å². The lowest BCUT2D eigenvalue weighted by atomic mass is 10.1. The molecule has 0 saturated carbocycles. The number of hydrogen-bond donors (Lipinski definition) is 1. The van der Waals surface area contributed by atoms with E-state index in [0.29, 0.717) is 19.7 Å². The summed E-state index contributed by atoms with van der Waals surface area (Å²) in [6, 6.07) is 3.97. The predicted octanol–water partition coefficient (Wildman–Crippen LogP) is 3.82. The van der Waals surface area contributed by atoms with Crippen LogP contribution in [0.1, 0.15) is 24.0 Å².